The molecule has 2 aromatic heterocycles. The number of hydrogen-bond donors (Lipinski definition) is 2. The molecular formula is C14H15N5S. The average molecular weight is 285 g/mol. The summed E-state index contributed by atoms with van der Waals surface area (Å²) in [4.78, 5) is 9.51. The molecule has 0 unspecified atom stereocenters. The van der Waals surface area contributed by atoms with Gasteiger partial charge < -0.3 is 16.0 Å². The van der Waals surface area contributed by atoms with Gasteiger partial charge in [0.25, 0.3) is 0 Å². The van der Waals surface area contributed by atoms with E-state index in [-0.39, 0.29) is 5.95 Å². The number of benzene rings is 1. The van der Waals surface area contributed by atoms with E-state index in [0.29, 0.717) is 5.82 Å². The molecule has 0 bridgehead atoms. The van der Waals surface area contributed by atoms with Gasteiger partial charge in [0, 0.05) is 11.9 Å². The third-order valence-electron chi connectivity index (χ3n) is 3.21. The Hall–Kier alpha value is -2.21. The molecule has 0 aliphatic rings. The zero-order valence-electron chi connectivity index (χ0n) is 11.3. The summed E-state index contributed by atoms with van der Waals surface area (Å²) < 4.78 is 2.01. The van der Waals surface area contributed by atoms with Gasteiger partial charge in [0.15, 0.2) is 0 Å². The van der Waals surface area contributed by atoms with Gasteiger partial charge in [0.1, 0.15) is 11.5 Å². The number of hydrogen-bond acceptors (Lipinski definition) is 5. The molecule has 4 N–H and O–H groups in total. The molecule has 6 heteroatoms. The average Bonchev–Trinajstić information content (AvgIpc) is 2.65. The molecule has 0 fully saturated rings. The van der Waals surface area contributed by atoms with Crippen LogP contribution in [-0.4, -0.2) is 14.5 Å². The molecule has 3 rings (SSSR count). The number of anilines is 2. The van der Waals surface area contributed by atoms with Crippen LogP contribution in [0.1, 0.15) is 5.56 Å². The van der Waals surface area contributed by atoms with Crippen LogP contribution in [0, 0.1) is 6.92 Å². The summed E-state index contributed by atoms with van der Waals surface area (Å²) in [5.74, 6) is 0.632. The van der Waals surface area contributed by atoms with Crippen LogP contribution in [0.15, 0.2) is 40.3 Å². The topological polar surface area (TPSA) is 82.8 Å². The minimum Gasteiger partial charge on any atom is -0.383 e. The van der Waals surface area contributed by atoms with Crippen molar-refractivity contribution in [3.05, 3.63) is 35.9 Å². The largest absolute Gasteiger partial charge is 0.383 e. The van der Waals surface area contributed by atoms with E-state index in [4.69, 9.17) is 11.5 Å². The Kier molecular flexibility index (Phi) is 3.02. The summed E-state index contributed by atoms with van der Waals surface area (Å²) in [7, 11) is 1.96. The lowest BCUT2D eigenvalue weighted by Crippen LogP contribution is -2.01. The van der Waals surface area contributed by atoms with Gasteiger partial charge in [-0.1, -0.05) is 30.0 Å². The minimum atomic E-state index is 0.201. The normalized spacial score (nSPS) is 11.1. The van der Waals surface area contributed by atoms with Gasteiger partial charge in [-0.25, -0.2) is 0 Å². The minimum absolute atomic E-state index is 0.201. The molecule has 0 saturated heterocycles. The summed E-state index contributed by atoms with van der Waals surface area (Å²) >= 11 is 1.68. The molecule has 2 heterocycles. The first-order valence-corrected chi connectivity index (χ1v) is 7.00. The third kappa shape index (κ3) is 1.98. The van der Waals surface area contributed by atoms with E-state index in [9.17, 15) is 0 Å². The lowest BCUT2D eigenvalue weighted by atomic mass is 10.2. The van der Waals surface area contributed by atoms with E-state index < -0.39 is 0 Å². The van der Waals surface area contributed by atoms with Crippen LogP contribution < -0.4 is 11.5 Å². The molecule has 0 amide bonds. The Balaban J connectivity index is 2.19. The standard InChI is InChI=1S/C14H15N5S/c1-8-10-11(15)17-14(16)18-12(10)19(2)13(8)20-9-6-4-3-5-7-9/h3-7H,1-2H3,(H4,15,16,17,18). The first-order valence-electron chi connectivity index (χ1n) is 6.19. The highest BCUT2D eigenvalue weighted by Crippen LogP contribution is 2.37. The van der Waals surface area contributed by atoms with Gasteiger partial charge in [-0.05, 0) is 24.6 Å². The molecule has 0 aliphatic heterocycles. The second kappa shape index (κ2) is 4.72. The van der Waals surface area contributed by atoms with E-state index >= 15 is 0 Å². The van der Waals surface area contributed by atoms with E-state index in [1.165, 1.54) is 4.90 Å². The van der Waals surface area contributed by atoms with Crippen molar-refractivity contribution in [1.82, 2.24) is 14.5 Å². The Morgan fingerprint density at radius 1 is 1.10 bits per heavy atom. The van der Waals surface area contributed by atoms with Crippen molar-refractivity contribution in [2.75, 3.05) is 11.5 Å². The van der Waals surface area contributed by atoms with Gasteiger partial charge in [-0.15, -0.1) is 0 Å². The molecule has 0 atom stereocenters. The predicted octanol–water partition coefficient (Wildman–Crippen LogP) is 2.59. The van der Waals surface area contributed by atoms with E-state index in [1.54, 1.807) is 11.8 Å². The molecule has 0 aliphatic carbocycles. The first-order chi connectivity index (χ1) is 9.58. The van der Waals surface area contributed by atoms with Crippen molar-refractivity contribution in [2.45, 2.75) is 16.8 Å². The second-order valence-corrected chi connectivity index (χ2v) is 5.63. The van der Waals surface area contributed by atoms with Crippen molar-refractivity contribution >= 4 is 34.6 Å². The summed E-state index contributed by atoms with van der Waals surface area (Å²) in [5, 5.41) is 1.97. The second-order valence-electron chi connectivity index (χ2n) is 4.57. The maximum absolute atomic E-state index is 5.98. The highest BCUT2D eigenvalue weighted by Gasteiger charge is 2.17. The van der Waals surface area contributed by atoms with Gasteiger partial charge in [-0.3, -0.25) is 0 Å². The fourth-order valence-electron chi connectivity index (χ4n) is 2.29. The number of nitrogens with two attached hydrogens (primary N) is 2. The number of aromatic nitrogens is 3. The third-order valence-corrected chi connectivity index (χ3v) is 4.49. The maximum atomic E-state index is 5.98. The molecule has 3 aromatic rings. The Morgan fingerprint density at radius 3 is 2.50 bits per heavy atom. The number of nitrogens with zero attached hydrogens (tertiary/aromatic N) is 3. The summed E-state index contributed by atoms with van der Waals surface area (Å²) in [6.45, 7) is 2.03. The van der Waals surface area contributed by atoms with Crippen LogP contribution >= 0.6 is 11.8 Å². The van der Waals surface area contributed by atoms with Crippen LogP contribution in [0.3, 0.4) is 0 Å². The van der Waals surface area contributed by atoms with Gasteiger partial charge in [-0.2, -0.15) is 9.97 Å². The number of fused-ring (bicyclic) bond motifs is 1. The lowest BCUT2D eigenvalue weighted by Gasteiger charge is -2.04. The maximum Gasteiger partial charge on any atom is 0.223 e. The molecule has 102 valence electrons. The first kappa shape index (κ1) is 12.8. The van der Waals surface area contributed by atoms with E-state index in [2.05, 4.69) is 22.1 Å². The van der Waals surface area contributed by atoms with Gasteiger partial charge in [0.2, 0.25) is 5.95 Å². The summed E-state index contributed by atoms with van der Waals surface area (Å²) in [6.07, 6.45) is 0. The van der Waals surface area contributed by atoms with Crippen LogP contribution in [0.2, 0.25) is 0 Å². The summed E-state index contributed by atoms with van der Waals surface area (Å²) in [6, 6.07) is 10.2. The molecule has 0 radical (unpaired) electrons. The summed E-state index contributed by atoms with van der Waals surface area (Å²) in [5.41, 5.74) is 13.5. The smallest absolute Gasteiger partial charge is 0.223 e. The Bertz CT molecular complexity index is 779. The lowest BCUT2D eigenvalue weighted by molar-refractivity contribution is 0.838. The van der Waals surface area contributed by atoms with Gasteiger partial charge >= 0.3 is 0 Å². The van der Waals surface area contributed by atoms with E-state index in [0.717, 1.165) is 21.6 Å². The van der Waals surface area contributed by atoms with Crippen LogP contribution in [0.4, 0.5) is 11.8 Å². The fourth-order valence-corrected chi connectivity index (χ4v) is 3.28. The zero-order valence-corrected chi connectivity index (χ0v) is 12.1. The fraction of sp³-hybridized carbons (Fsp3) is 0.143. The van der Waals surface area contributed by atoms with Crippen molar-refractivity contribution in [3.8, 4) is 0 Å². The number of nitrogen functional groups attached to an aromatic ring is 2. The predicted molar refractivity (Wildman–Crippen MR) is 82.6 cm³/mol. The highest BCUT2D eigenvalue weighted by molar-refractivity contribution is 7.99. The SMILES string of the molecule is Cc1c(Sc2ccccc2)n(C)c2nc(N)nc(N)c12. The Morgan fingerprint density at radius 2 is 1.80 bits per heavy atom. The zero-order chi connectivity index (χ0) is 14.3. The van der Waals surface area contributed by atoms with Crippen LogP contribution in [0.25, 0.3) is 11.0 Å². The highest BCUT2D eigenvalue weighted by atomic mass is 32.2. The molecule has 5 nitrogen and oxygen atoms in total. The van der Waals surface area contributed by atoms with Crippen LogP contribution in [0.5, 0.6) is 0 Å². The van der Waals surface area contributed by atoms with Crippen molar-refractivity contribution < 1.29 is 0 Å². The monoisotopic (exact) mass is 285 g/mol. The molecule has 1 aromatic carbocycles. The van der Waals surface area contributed by atoms with Gasteiger partial charge in [0.05, 0.1) is 10.4 Å². The van der Waals surface area contributed by atoms with Crippen molar-refractivity contribution in [3.63, 3.8) is 0 Å². The van der Waals surface area contributed by atoms with Crippen molar-refractivity contribution in [1.29, 1.82) is 0 Å². The number of aryl methyl sites for hydroxylation is 2. The molecule has 20 heavy (non-hydrogen) atoms. The molecule has 0 spiro atoms. The Labute approximate surface area is 121 Å². The van der Waals surface area contributed by atoms with Crippen LogP contribution in [-0.2, 0) is 7.05 Å². The number of rotatable bonds is 2. The molecule has 0 saturated carbocycles. The quantitative estimate of drug-likeness (QED) is 0.756. The van der Waals surface area contributed by atoms with Crippen molar-refractivity contribution in [2.24, 2.45) is 7.05 Å². The van der Waals surface area contributed by atoms with E-state index in [1.807, 2.05) is 36.7 Å². The molecular weight excluding hydrogens is 270 g/mol.